The Morgan fingerprint density at radius 1 is 0.782 bits per heavy atom. The Morgan fingerprint density at radius 2 is 1.36 bits per heavy atom. The average molecular weight is 824 g/mol. The van der Waals surface area contributed by atoms with E-state index in [1.54, 1.807) is 71.8 Å². The summed E-state index contributed by atoms with van der Waals surface area (Å²) in [5, 5.41) is 16.3. The summed E-state index contributed by atoms with van der Waals surface area (Å²) in [4.78, 5) is 32.2. The number of nitrogens with zero attached hydrogens (tertiary/aromatic N) is 5. The normalized spacial score (nSPS) is 14.5. The summed E-state index contributed by atoms with van der Waals surface area (Å²) in [6, 6.07) is 22.4. The molecule has 0 bridgehead atoms. The fourth-order valence-electron chi connectivity index (χ4n) is 5.76. The smallest absolute Gasteiger partial charge is 0.310 e. The highest BCUT2D eigenvalue weighted by Crippen LogP contribution is 2.50. The van der Waals surface area contributed by atoms with Crippen LogP contribution < -0.4 is 10.6 Å². The fraction of sp³-hybridized carbons (Fsp3) is 0.231. The molecule has 2 aliphatic carbocycles. The molecule has 0 aliphatic heterocycles. The lowest BCUT2D eigenvalue weighted by atomic mass is 9.94. The van der Waals surface area contributed by atoms with Crippen LogP contribution in [0.2, 0.25) is 0 Å². The molecule has 8 rings (SSSR count). The van der Waals surface area contributed by atoms with Gasteiger partial charge in [0.05, 0.1) is 22.7 Å². The molecule has 55 heavy (non-hydrogen) atoms. The highest BCUT2D eigenvalue weighted by Gasteiger charge is 2.53. The van der Waals surface area contributed by atoms with Crippen LogP contribution in [-0.4, -0.2) is 41.8 Å². The standard InChI is InChI=1S/C19H17FN4O.C13H12FN3O.C6H3BrF3N.CH4/c1-13-12-14(6-10-21-13)24-11-7-17(23-24)22-18(25)19(8-9-19)15-4-2-3-5-16(15)20;14-10-4-2-1-3-9(10)13(6-7-13)12(18)16-11-5-8-15-17-11;7-4-1-2-11-5(3-4)6(8,9)10;/h2-7,10-12H,8-9H2,1H3,(H,22,23,25);1-5,8H,6-7H2,(H2,15,16,17,18);1-3H;1H4. The number of benzene rings is 2. The predicted molar refractivity (Wildman–Crippen MR) is 200 cm³/mol. The van der Waals surface area contributed by atoms with Gasteiger partial charge in [0, 0.05) is 52.0 Å². The van der Waals surface area contributed by atoms with Gasteiger partial charge in [-0.05, 0) is 69.0 Å². The van der Waals surface area contributed by atoms with Crippen LogP contribution in [0.1, 0.15) is 55.6 Å². The van der Waals surface area contributed by atoms with Crippen molar-refractivity contribution in [2.75, 3.05) is 10.6 Å². The second-order valence-electron chi connectivity index (χ2n) is 12.7. The van der Waals surface area contributed by atoms with Gasteiger partial charge in [-0.25, -0.2) is 13.5 Å². The van der Waals surface area contributed by atoms with Gasteiger partial charge in [-0.3, -0.25) is 24.7 Å². The van der Waals surface area contributed by atoms with Crippen LogP contribution in [0.4, 0.5) is 33.6 Å². The molecule has 2 aliphatic rings. The Bertz CT molecular complexity index is 2250. The first kappa shape index (κ1) is 40.4. The molecule has 2 fully saturated rings. The van der Waals surface area contributed by atoms with Crippen molar-refractivity contribution in [2.45, 2.75) is 57.0 Å². The van der Waals surface area contributed by atoms with Crippen LogP contribution in [0, 0.1) is 18.6 Å². The van der Waals surface area contributed by atoms with E-state index in [4.69, 9.17) is 0 Å². The summed E-state index contributed by atoms with van der Waals surface area (Å²) >= 11 is 2.91. The van der Waals surface area contributed by atoms with Crippen LogP contribution in [0.5, 0.6) is 0 Å². The molecule has 2 amide bonds. The van der Waals surface area contributed by atoms with Gasteiger partial charge >= 0.3 is 6.18 Å². The van der Waals surface area contributed by atoms with E-state index in [0.717, 1.165) is 23.6 Å². The van der Waals surface area contributed by atoms with Gasteiger partial charge in [0.25, 0.3) is 0 Å². The second-order valence-corrected chi connectivity index (χ2v) is 13.6. The quantitative estimate of drug-likeness (QED) is 0.138. The maximum absolute atomic E-state index is 14.1. The first-order valence-electron chi connectivity index (χ1n) is 16.6. The second kappa shape index (κ2) is 16.7. The summed E-state index contributed by atoms with van der Waals surface area (Å²) in [6.45, 7) is 1.90. The Hall–Kier alpha value is -5.77. The number of aryl methyl sites for hydroxylation is 1. The Balaban J connectivity index is 0.000000170. The SMILES string of the molecule is C.Cc1cc(-n2ccc(NC(=O)C3(c4ccccc4F)CC3)n2)ccn1.FC(F)(F)c1cc(Br)ccn1.O=C(Nc1ccn[nH]1)C1(c2ccccc2F)CC1. The molecule has 2 aromatic carbocycles. The van der Waals surface area contributed by atoms with Crippen molar-refractivity contribution >= 4 is 39.4 Å². The maximum atomic E-state index is 14.1. The molecule has 0 saturated heterocycles. The fourth-order valence-corrected chi connectivity index (χ4v) is 6.09. The summed E-state index contributed by atoms with van der Waals surface area (Å²) in [7, 11) is 0. The monoisotopic (exact) mass is 822 g/mol. The van der Waals surface area contributed by atoms with E-state index in [1.165, 1.54) is 18.2 Å². The number of halogens is 6. The minimum absolute atomic E-state index is 0. The van der Waals surface area contributed by atoms with Crippen molar-refractivity contribution in [3.63, 3.8) is 0 Å². The summed E-state index contributed by atoms with van der Waals surface area (Å²) in [6.07, 6.45) is 4.42. The number of hydrogen-bond donors (Lipinski definition) is 3. The van der Waals surface area contributed by atoms with Crippen LogP contribution in [0.25, 0.3) is 5.69 Å². The third kappa shape index (κ3) is 9.49. The molecule has 0 atom stereocenters. The summed E-state index contributed by atoms with van der Waals surface area (Å²) in [5.74, 6) is -0.0852. The molecular weight excluding hydrogens is 787 g/mol. The zero-order valence-electron chi connectivity index (χ0n) is 28.5. The van der Waals surface area contributed by atoms with Gasteiger partial charge in [0.15, 0.2) is 5.82 Å². The van der Waals surface area contributed by atoms with E-state index >= 15 is 0 Å². The first-order valence-corrected chi connectivity index (χ1v) is 17.4. The van der Waals surface area contributed by atoms with E-state index in [1.807, 2.05) is 19.1 Å². The first-order chi connectivity index (χ1) is 25.8. The number of H-pyrrole nitrogens is 1. The number of aromatic amines is 1. The number of alkyl halides is 3. The van der Waals surface area contributed by atoms with Gasteiger partial charge in [-0.1, -0.05) is 59.8 Å². The lowest BCUT2D eigenvalue weighted by Crippen LogP contribution is -2.29. The van der Waals surface area contributed by atoms with E-state index in [0.29, 0.717) is 52.9 Å². The number of aromatic nitrogens is 6. The van der Waals surface area contributed by atoms with E-state index in [9.17, 15) is 31.5 Å². The van der Waals surface area contributed by atoms with Crippen LogP contribution in [0.3, 0.4) is 0 Å². The molecule has 4 aromatic heterocycles. The highest BCUT2D eigenvalue weighted by atomic mass is 79.9. The number of nitrogens with one attached hydrogen (secondary N) is 3. The molecular formula is C39H36BrF5N8O2. The van der Waals surface area contributed by atoms with E-state index < -0.39 is 22.7 Å². The Morgan fingerprint density at radius 3 is 1.85 bits per heavy atom. The number of amides is 2. The van der Waals surface area contributed by atoms with Gasteiger partial charge in [-0.2, -0.15) is 23.4 Å². The van der Waals surface area contributed by atoms with Crippen LogP contribution >= 0.6 is 15.9 Å². The molecule has 0 radical (unpaired) electrons. The Kier molecular flexibility index (Phi) is 12.3. The number of pyridine rings is 2. The lowest BCUT2D eigenvalue weighted by Gasteiger charge is -2.15. The molecule has 2 saturated carbocycles. The minimum Gasteiger partial charge on any atom is -0.310 e. The number of carbonyl (C=O) groups is 2. The lowest BCUT2D eigenvalue weighted by molar-refractivity contribution is -0.141. The van der Waals surface area contributed by atoms with Gasteiger partial charge in [0.2, 0.25) is 11.8 Å². The van der Waals surface area contributed by atoms with Crippen molar-refractivity contribution in [1.29, 1.82) is 0 Å². The maximum Gasteiger partial charge on any atom is 0.433 e. The third-order valence-corrected chi connectivity index (χ3v) is 9.38. The highest BCUT2D eigenvalue weighted by molar-refractivity contribution is 9.10. The number of anilines is 2. The molecule has 0 unspecified atom stereocenters. The van der Waals surface area contributed by atoms with Crippen molar-refractivity contribution in [2.24, 2.45) is 0 Å². The van der Waals surface area contributed by atoms with Gasteiger partial charge in [0.1, 0.15) is 23.1 Å². The van der Waals surface area contributed by atoms with Gasteiger partial charge < -0.3 is 10.6 Å². The largest absolute Gasteiger partial charge is 0.433 e. The zero-order valence-corrected chi connectivity index (χ0v) is 30.1. The molecule has 0 spiro atoms. The minimum atomic E-state index is -4.36. The molecule has 3 N–H and O–H groups in total. The van der Waals surface area contributed by atoms with E-state index in [2.05, 4.69) is 51.8 Å². The van der Waals surface area contributed by atoms with Crippen LogP contribution in [-0.2, 0) is 26.6 Å². The topological polar surface area (TPSA) is 130 Å². The summed E-state index contributed by atoms with van der Waals surface area (Å²) < 4.78 is 65.5. The predicted octanol–water partition coefficient (Wildman–Crippen LogP) is 9.10. The van der Waals surface area contributed by atoms with Crippen molar-refractivity contribution in [1.82, 2.24) is 29.9 Å². The molecule has 286 valence electrons. The molecule has 6 aromatic rings. The third-order valence-electron chi connectivity index (χ3n) is 8.88. The molecule has 10 nitrogen and oxygen atoms in total. The average Bonchev–Trinajstić information content (AvgIpc) is 4.03. The van der Waals surface area contributed by atoms with Gasteiger partial charge in [-0.15, -0.1) is 0 Å². The van der Waals surface area contributed by atoms with Crippen molar-refractivity contribution < 1.29 is 31.5 Å². The molecule has 16 heteroatoms. The Labute approximate surface area is 321 Å². The molecule has 4 heterocycles. The van der Waals surface area contributed by atoms with Crippen LogP contribution in [0.15, 0.2) is 114 Å². The number of carbonyl (C=O) groups excluding carboxylic acids is 2. The van der Waals surface area contributed by atoms with Crippen molar-refractivity contribution in [3.8, 4) is 5.69 Å². The number of hydrogen-bond acceptors (Lipinski definition) is 6. The van der Waals surface area contributed by atoms with Crippen molar-refractivity contribution in [3.05, 3.63) is 148 Å². The summed E-state index contributed by atoms with van der Waals surface area (Å²) in [5.41, 5.74) is 0.308. The zero-order chi connectivity index (χ0) is 38.5. The number of rotatable bonds is 7. The van der Waals surface area contributed by atoms with E-state index in [-0.39, 0.29) is 30.9 Å².